The predicted molar refractivity (Wildman–Crippen MR) is 88.2 cm³/mol. The minimum absolute atomic E-state index is 0.225. The van der Waals surface area contributed by atoms with Gasteiger partial charge in [0.15, 0.2) is 0 Å². The van der Waals surface area contributed by atoms with Gasteiger partial charge in [0.1, 0.15) is 5.82 Å². The number of aromatic amines is 1. The first-order valence-corrected chi connectivity index (χ1v) is 9.24. The summed E-state index contributed by atoms with van der Waals surface area (Å²) in [6.07, 6.45) is -0.399. The van der Waals surface area contributed by atoms with Crippen molar-refractivity contribution in [3.05, 3.63) is 24.0 Å². The zero-order valence-electron chi connectivity index (χ0n) is 13.7. The molecule has 1 saturated heterocycles. The fraction of sp³-hybridized carbons (Fsp3) is 0.467. The highest BCUT2D eigenvalue weighted by molar-refractivity contribution is 7.89. The van der Waals surface area contributed by atoms with Crippen LogP contribution in [-0.4, -0.2) is 66.5 Å². The number of piperazine rings is 1. The van der Waals surface area contributed by atoms with E-state index in [-0.39, 0.29) is 18.0 Å². The van der Waals surface area contributed by atoms with E-state index < -0.39 is 16.1 Å². The number of rotatable bonds is 3. The van der Waals surface area contributed by atoms with Gasteiger partial charge in [-0.2, -0.15) is 4.31 Å². The van der Waals surface area contributed by atoms with Crippen LogP contribution in [0.2, 0.25) is 0 Å². The molecule has 1 aliphatic heterocycles. The monoisotopic (exact) mass is 352 g/mol. The summed E-state index contributed by atoms with van der Waals surface area (Å²) in [5, 5.41) is 0. The largest absolute Gasteiger partial charge is 0.450 e. The van der Waals surface area contributed by atoms with E-state index in [1.54, 1.807) is 25.1 Å². The molecule has 1 N–H and O–H groups in total. The molecular formula is C15H20N4O4S. The second-order valence-corrected chi connectivity index (χ2v) is 7.53. The number of carbonyl (C=O) groups is 1. The van der Waals surface area contributed by atoms with E-state index in [0.717, 1.165) is 11.3 Å². The lowest BCUT2D eigenvalue weighted by atomic mass is 10.3. The highest BCUT2D eigenvalue weighted by Crippen LogP contribution is 2.22. The number of hydrogen-bond donors (Lipinski definition) is 1. The Balaban J connectivity index is 1.77. The molecule has 2 heterocycles. The second-order valence-electron chi connectivity index (χ2n) is 5.59. The van der Waals surface area contributed by atoms with E-state index in [0.29, 0.717) is 25.2 Å². The maximum Gasteiger partial charge on any atom is 0.409 e. The highest BCUT2D eigenvalue weighted by atomic mass is 32.2. The average Bonchev–Trinajstić information content (AvgIpc) is 2.94. The maximum absolute atomic E-state index is 12.8. The Morgan fingerprint density at radius 3 is 2.67 bits per heavy atom. The molecule has 1 aliphatic rings. The van der Waals surface area contributed by atoms with Crippen LogP contribution in [-0.2, 0) is 14.8 Å². The third-order valence-electron chi connectivity index (χ3n) is 3.97. The summed E-state index contributed by atoms with van der Waals surface area (Å²) in [7, 11) is -3.60. The van der Waals surface area contributed by atoms with Crippen LogP contribution >= 0.6 is 0 Å². The van der Waals surface area contributed by atoms with Crippen molar-refractivity contribution in [3.63, 3.8) is 0 Å². The van der Waals surface area contributed by atoms with Crippen molar-refractivity contribution < 1.29 is 17.9 Å². The molecule has 8 nitrogen and oxygen atoms in total. The molecule has 1 aromatic heterocycles. The Bertz CT molecular complexity index is 853. The first-order chi connectivity index (χ1) is 11.4. The average molecular weight is 352 g/mol. The van der Waals surface area contributed by atoms with Gasteiger partial charge in [0, 0.05) is 26.2 Å². The van der Waals surface area contributed by atoms with Gasteiger partial charge in [0.2, 0.25) is 10.0 Å². The molecule has 1 amide bonds. The second kappa shape index (κ2) is 6.40. The van der Waals surface area contributed by atoms with Gasteiger partial charge in [-0.1, -0.05) is 0 Å². The topological polar surface area (TPSA) is 95.6 Å². The lowest BCUT2D eigenvalue weighted by molar-refractivity contribution is 0.0934. The normalized spacial score (nSPS) is 16.5. The molecule has 0 saturated carbocycles. The molecule has 0 atom stereocenters. The van der Waals surface area contributed by atoms with Crippen LogP contribution in [0.15, 0.2) is 23.1 Å². The third kappa shape index (κ3) is 3.09. The number of nitrogens with zero attached hydrogens (tertiary/aromatic N) is 3. The van der Waals surface area contributed by atoms with Crippen molar-refractivity contribution in [2.45, 2.75) is 18.7 Å². The van der Waals surface area contributed by atoms with E-state index in [9.17, 15) is 13.2 Å². The minimum Gasteiger partial charge on any atom is -0.450 e. The lowest BCUT2D eigenvalue weighted by Gasteiger charge is -2.33. The predicted octanol–water partition coefficient (Wildman–Crippen LogP) is 1.33. The van der Waals surface area contributed by atoms with E-state index in [1.807, 2.05) is 6.92 Å². The van der Waals surface area contributed by atoms with Gasteiger partial charge in [-0.3, -0.25) is 0 Å². The number of amides is 1. The number of aryl methyl sites for hydroxylation is 1. The Hall–Kier alpha value is -2.13. The number of sulfonamides is 1. The maximum atomic E-state index is 12.8. The van der Waals surface area contributed by atoms with Crippen molar-refractivity contribution in [2.24, 2.45) is 0 Å². The standard InChI is InChI=1S/C15H20N4O4S/c1-3-23-15(20)18-6-8-19(9-7-18)24(21,22)12-4-5-13-14(10-12)17-11(2)16-13/h4-5,10H,3,6-9H2,1-2H3,(H,16,17). The molecule has 130 valence electrons. The van der Waals surface area contributed by atoms with Crippen LogP contribution in [0.1, 0.15) is 12.7 Å². The van der Waals surface area contributed by atoms with Crippen LogP contribution in [0, 0.1) is 6.92 Å². The van der Waals surface area contributed by atoms with Crippen LogP contribution in [0.25, 0.3) is 11.0 Å². The molecule has 3 rings (SSSR count). The van der Waals surface area contributed by atoms with E-state index in [1.165, 1.54) is 9.21 Å². The minimum atomic E-state index is -3.60. The SMILES string of the molecule is CCOC(=O)N1CCN(S(=O)(=O)c2ccc3nc(C)[nH]c3c2)CC1. The smallest absolute Gasteiger partial charge is 0.409 e. The summed E-state index contributed by atoms with van der Waals surface area (Å²) < 4.78 is 31.9. The van der Waals surface area contributed by atoms with Crippen LogP contribution in [0.4, 0.5) is 4.79 Å². The Kier molecular flexibility index (Phi) is 4.46. The fourth-order valence-electron chi connectivity index (χ4n) is 2.75. The summed E-state index contributed by atoms with van der Waals surface area (Å²) >= 11 is 0. The first-order valence-electron chi connectivity index (χ1n) is 7.80. The molecule has 0 aliphatic carbocycles. The number of H-pyrrole nitrogens is 1. The van der Waals surface area contributed by atoms with Crippen LogP contribution in [0.5, 0.6) is 0 Å². The molecular weight excluding hydrogens is 332 g/mol. The zero-order valence-corrected chi connectivity index (χ0v) is 14.5. The summed E-state index contributed by atoms with van der Waals surface area (Å²) in [6.45, 7) is 5.02. The van der Waals surface area contributed by atoms with E-state index in [2.05, 4.69) is 9.97 Å². The molecule has 0 spiro atoms. The summed E-state index contributed by atoms with van der Waals surface area (Å²) in [6, 6.07) is 4.86. The van der Waals surface area contributed by atoms with Crippen molar-refractivity contribution in [2.75, 3.05) is 32.8 Å². The van der Waals surface area contributed by atoms with Crippen LogP contribution in [0.3, 0.4) is 0 Å². The molecule has 2 aromatic rings. The first kappa shape index (κ1) is 16.7. The number of nitrogens with one attached hydrogen (secondary N) is 1. The number of ether oxygens (including phenoxy) is 1. The zero-order chi connectivity index (χ0) is 17.3. The van der Waals surface area contributed by atoms with Gasteiger partial charge in [0.05, 0.1) is 22.5 Å². The van der Waals surface area contributed by atoms with Gasteiger partial charge >= 0.3 is 6.09 Å². The summed E-state index contributed by atoms with van der Waals surface area (Å²) in [5.74, 6) is 0.739. The quantitative estimate of drug-likeness (QED) is 0.899. The van der Waals surface area contributed by atoms with Gasteiger partial charge in [0.25, 0.3) is 0 Å². The van der Waals surface area contributed by atoms with E-state index in [4.69, 9.17) is 4.74 Å². The van der Waals surface area contributed by atoms with Gasteiger partial charge in [-0.25, -0.2) is 18.2 Å². The van der Waals surface area contributed by atoms with Crippen molar-refractivity contribution in [3.8, 4) is 0 Å². The molecule has 0 unspecified atom stereocenters. The molecule has 0 radical (unpaired) electrons. The third-order valence-corrected chi connectivity index (χ3v) is 5.87. The number of hydrogen-bond acceptors (Lipinski definition) is 5. The Morgan fingerprint density at radius 2 is 2.00 bits per heavy atom. The summed E-state index contributed by atoms with van der Waals surface area (Å²) in [5.41, 5.74) is 1.43. The fourth-order valence-corrected chi connectivity index (χ4v) is 4.20. The highest BCUT2D eigenvalue weighted by Gasteiger charge is 2.30. The number of benzene rings is 1. The molecule has 9 heteroatoms. The number of fused-ring (bicyclic) bond motifs is 1. The Morgan fingerprint density at radius 1 is 1.29 bits per heavy atom. The lowest BCUT2D eigenvalue weighted by Crippen LogP contribution is -2.50. The number of carbonyl (C=O) groups excluding carboxylic acids is 1. The van der Waals surface area contributed by atoms with Gasteiger partial charge in [-0.15, -0.1) is 0 Å². The van der Waals surface area contributed by atoms with Crippen molar-refractivity contribution in [1.82, 2.24) is 19.2 Å². The summed E-state index contributed by atoms with van der Waals surface area (Å²) in [4.78, 5) is 20.8. The molecule has 1 fully saturated rings. The molecule has 0 bridgehead atoms. The number of aromatic nitrogens is 2. The van der Waals surface area contributed by atoms with Crippen molar-refractivity contribution in [1.29, 1.82) is 0 Å². The van der Waals surface area contributed by atoms with Gasteiger partial charge in [-0.05, 0) is 32.0 Å². The number of imidazole rings is 1. The molecule has 1 aromatic carbocycles. The van der Waals surface area contributed by atoms with Crippen LogP contribution < -0.4 is 0 Å². The Labute approximate surface area is 140 Å². The van der Waals surface area contributed by atoms with E-state index >= 15 is 0 Å². The van der Waals surface area contributed by atoms with Gasteiger partial charge < -0.3 is 14.6 Å². The molecule has 24 heavy (non-hydrogen) atoms. The van der Waals surface area contributed by atoms with Crippen molar-refractivity contribution >= 4 is 27.1 Å².